The molecule has 0 saturated carbocycles. The molecule has 144 valence electrons. The normalized spacial score (nSPS) is 19.3. The minimum Gasteiger partial charge on any atom is -0.454 e. The van der Waals surface area contributed by atoms with Gasteiger partial charge < -0.3 is 14.6 Å². The summed E-state index contributed by atoms with van der Waals surface area (Å²) in [5.41, 5.74) is -0.632. The van der Waals surface area contributed by atoms with E-state index in [2.05, 4.69) is 4.90 Å². The molecule has 0 radical (unpaired) electrons. The van der Waals surface area contributed by atoms with Crippen LogP contribution in [0.25, 0.3) is 0 Å². The Bertz CT molecular complexity index is 829. The second kappa shape index (κ2) is 6.73. The Morgan fingerprint density at radius 3 is 2.52 bits per heavy atom. The van der Waals surface area contributed by atoms with Gasteiger partial charge in [-0.2, -0.15) is 13.2 Å². The van der Waals surface area contributed by atoms with E-state index in [4.69, 9.17) is 9.47 Å². The fraction of sp³-hybridized carbons (Fsp3) is 0.400. The summed E-state index contributed by atoms with van der Waals surface area (Å²) in [6.45, 7) is 2.02. The van der Waals surface area contributed by atoms with Crippen molar-refractivity contribution < 1.29 is 27.8 Å². The number of para-hydroxylation sites is 1. The Kier molecular flexibility index (Phi) is 4.52. The molecule has 4 nitrogen and oxygen atoms in total. The fourth-order valence-corrected chi connectivity index (χ4v) is 3.71. The van der Waals surface area contributed by atoms with Gasteiger partial charge in [0.25, 0.3) is 0 Å². The van der Waals surface area contributed by atoms with Gasteiger partial charge in [-0.3, -0.25) is 4.90 Å². The Hall–Kier alpha value is -2.25. The largest absolute Gasteiger partial charge is 0.454 e. The van der Waals surface area contributed by atoms with Crippen molar-refractivity contribution in [3.8, 4) is 11.5 Å². The number of rotatable bonds is 3. The summed E-state index contributed by atoms with van der Waals surface area (Å²) in [7, 11) is 0. The Balaban J connectivity index is 1.45. The molecule has 7 heteroatoms. The molecule has 1 N–H and O–H groups in total. The quantitative estimate of drug-likeness (QED) is 0.878. The summed E-state index contributed by atoms with van der Waals surface area (Å²) in [5, 5.41) is 10.9. The van der Waals surface area contributed by atoms with Gasteiger partial charge in [-0.25, -0.2) is 0 Å². The van der Waals surface area contributed by atoms with Crippen LogP contribution in [0.4, 0.5) is 13.2 Å². The molecule has 0 aliphatic carbocycles. The third-order valence-corrected chi connectivity index (χ3v) is 5.28. The molecule has 0 amide bonds. The lowest BCUT2D eigenvalue weighted by Crippen LogP contribution is -2.42. The van der Waals surface area contributed by atoms with Crippen LogP contribution < -0.4 is 9.47 Å². The second-order valence-electron chi connectivity index (χ2n) is 7.04. The zero-order valence-corrected chi connectivity index (χ0v) is 14.6. The first-order chi connectivity index (χ1) is 12.9. The third kappa shape index (κ3) is 3.61. The molecule has 27 heavy (non-hydrogen) atoms. The number of likely N-dealkylation sites (tertiary alicyclic amines) is 1. The highest BCUT2D eigenvalue weighted by Crippen LogP contribution is 2.39. The lowest BCUT2D eigenvalue weighted by atomic mass is 9.83. The highest BCUT2D eigenvalue weighted by molar-refractivity contribution is 5.48. The maximum Gasteiger partial charge on any atom is 0.416 e. The average molecular weight is 379 g/mol. The fourth-order valence-electron chi connectivity index (χ4n) is 3.71. The van der Waals surface area contributed by atoms with Gasteiger partial charge in [0.1, 0.15) is 0 Å². The summed E-state index contributed by atoms with van der Waals surface area (Å²) in [6, 6.07) is 10.7. The molecule has 2 aliphatic rings. The average Bonchev–Trinajstić information content (AvgIpc) is 3.13. The van der Waals surface area contributed by atoms with Crippen LogP contribution in [0.15, 0.2) is 42.5 Å². The monoisotopic (exact) mass is 379 g/mol. The van der Waals surface area contributed by atoms with E-state index >= 15 is 0 Å². The van der Waals surface area contributed by atoms with Crippen molar-refractivity contribution in [2.24, 2.45) is 0 Å². The first kappa shape index (κ1) is 18.1. The van der Waals surface area contributed by atoms with Crippen molar-refractivity contribution in [1.29, 1.82) is 0 Å². The maximum absolute atomic E-state index is 13.0. The molecular formula is C20H20F3NO3. The molecule has 2 aromatic rings. The smallest absolute Gasteiger partial charge is 0.416 e. The summed E-state index contributed by atoms with van der Waals surface area (Å²) in [5.74, 6) is 1.47. The minimum atomic E-state index is -4.41. The number of piperidine rings is 1. The topological polar surface area (TPSA) is 41.9 Å². The summed E-state index contributed by atoms with van der Waals surface area (Å²) in [4.78, 5) is 2.17. The molecular weight excluding hydrogens is 359 g/mol. The summed E-state index contributed by atoms with van der Waals surface area (Å²) >= 11 is 0. The summed E-state index contributed by atoms with van der Waals surface area (Å²) in [6.07, 6.45) is -3.66. The minimum absolute atomic E-state index is 0.210. The highest BCUT2D eigenvalue weighted by atomic mass is 19.4. The van der Waals surface area contributed by atoms with Gasteiger partial charge in [0, 0.05) is 25.2 Å². The number of fused-ring (bicyclic) bond motifs is 1. The Morgan fingerprint density at radius 1 is 1.04 bits per heavy atom. The molecule has 2 aliphatic heterocycles. The van der Waals surface area contributed by atoms with E-state index in [0.29, 0.717) is 38.0 Å². The molecule has 0 bridgehead atoms. The van der Waals surface area contributed by atoms with Crippen molar-refractivity contribution in [2.45, 2.75) is 31.2 Å². The predicted octanol–water partition coefficient (Wildman–Crippen LogP) is 3.92. The van der Waals surface area contributed by atoms with Gasteiger partial charge >= 0.3 is 6.18 Å². The number of aliphatic hydroxyl groups is 1. The van der Waals surface area contributed by atoms with Crippen molar-refractivity contribution in [1.82, 2.24) is 4.90 Å². The van der Waals surface area contributed by atoms with Crippen molar-refractivity contribution in [3.63, 3.8) is 0 Å². The lowest BCUT2D eigenvalue weighted by molar-refractivity contribution is -0.137. The van der Waals surface area contributed by atoms with Crippen LogP contribution >= 0.6 is 0 Å². The molecule has 0 aromatic heterocycles. The van der Waals surface area contributed by atoms with Crippen LogP contribution in [0, 0.1) is 0 Å². The number of nitrogens with zero attached hydrogens (tertiary/aromatic N) is 1. The molecule has 0 atom stereocenters. The van der Waals surface area contributed by atoms with Crippen molar-refractivity contribution in [2.75, 3.05) is 19.9 Å². The van der Waals surface area contributed by atoms with Gasteiger partial charge in [-0.05, 0) is 36.6 Å². The van der Waals surface area contributed by atoms with Crippen LogP contribution in [0.3, 0.4) is 0 Å². The van der Waals surface area contributed by atoms with Gasteiger partial charge in [-0.15, -0.1) is 0 Å². The Labute approximate surface area is 155 Å². The highest BCUT2D eigenvalue weighted by Gasteiger charge is 2.37. The second-order valence-corrected chi connectivity index (χ2v) is 7.04. The Morgan fingerprint density at radius 2 is 1.78 bits per heavy atom. The number of alkyl halides is 3. The van der Waals surface area contributed by atoms with E-state index in [1.165, 1.54) is 6.07 Å². The zero-order valence-electron chi connectivity index (χ0n) is 14.6. The number of ether oxygens (including phenoxy) is 2. The lowest BCUT2D eigenvalue weighted by Gasteiger charge is -2.38. The van der Waals surface area contributed by atoms with Gasteiger partial charge in [0.2, 0.25) is 6.79 Å². The molecule has 4 rings (SSSR count). The van der Waals surface area contributed by atoms with E-state index in [-0.39, 0.29) is 6.79 Å². The van der Waals surface area contributed by atoms with Crippen molar-refractivity contribution in [3.05, 3.63) is 59.2 Å². The van der Waals surface area contributed by atoms with Crippen LogP contribution in [0.1, 0.15) is 29.5 Å². The van der Waals surface area contributed by atoms with Crippen LogP contribution in [0.2, 0.25) is 0 Å². The number of hydrogen-bond acceptors (Lipinski definition) is 4. The van der Waals surface area contributed by atoms with E-state index in [9.17, 15) is 18.3 Å². The number of hydrogen-bond donors (Lipinski definition) is 1. The molecule has 1 saturated heterocycles. The van der Waals surface area contributed by atoms with Crippen LogP contribution in [-0.4, -0.2) is 29.9 Å². The molecule has 2 aromatic carbocycles. The zero-order chi connectivity index (χ0) is 19.1. The first-order valence-corrected chi connectivity index (χ1v) is 8.85. The summed E-state index contributed by atoms with van der Waals surface area (Å²) < 4.78 is 49.8. The number of halogens is 3. The SMILES string of the molecule is OC1(c2cccc(C(F)(F)F)c2)CCN(Cc2cccc3c2OCO3)CC1. The van der Waals surface area contributed by atoms with Gasteiger partial charge in [-0.1, -0.05) is 24.3 Å². The molecule has 0 spiro atoms. The predicted molar refractivity (Wildman–Crippen MR) is 92.4 cm³/mol. The standard InChI is InChI=1S/C20H20F3NO3/c21-20(22,23)16-5-2-4-15(11-16)19(25)7-9-24(10-8-19)12-14-3-1-6-17-18(14)27-13-26-17/h1-6,11,25H,7-10,12-13H2. The van der Waals surface area contributed by atoms with Crippen LogP contribution in [-0.2, 0) is 18.3 Å². The van der Waals surface area contributed by atoms with E-state index in [1.54, 1.807) is 6.07 Å². The van der Waals surface area contributed by atoms with E-state index in [1.807, 2.05) is 18.2 Å². The van der Waals surface area contributed by atoms with Gasteiger partial charge in [0.05, 0.1) is 11.2 Å². The molecule has 2 heterocycles. The van der Waals surface area contributed by atoms with Crippen LogP contribution in [0.5, 0.6) is 11.5 Å². The number of benzene rings is 2. The van der Waals surface area contributed by atoms with E-state index in [0.717, 1.165) is 29.2 Å². The molecule has 1 fully saturated rings. The maximum atomic E-state index is 13.0. The molecule has 0 unspecified atom stereocenters. The van der Waals surface area contributed by atoms with Crippen molar-refractivity contribution >= 4 is 0 Å². The van der Waals surface area contributed by atoms with E-state index < -0.39 is 17.3 Å². The third-order valence-electron chi connectivity index (χ3n) is 5.28. The first-order valence-electron chi connectivity index (χ1n) is 8.85. The van der Waals surface area contributed by atoms with Gasteiger partial charge in [0.15, 0.2) is 11.5 Å².